The van der Waals surface area contributed by atoms with Crippen molar-refractivity contribution in [2.45, 2.75) is 32.2 Å². The molecular formula is C13H17Cl2NO. The van der Waals surface area contributed by atoms with Crippen LogP contribution in [0.25, 0.3) is 0 Å². The molecule has 1 N–H and O–H groups in total. The molecule has 0 aliphatic heterocycles. The van der Waals surface area contributed by atoms with Gasteiger partial charge in [-0.25, -0.2) is 0 Å². The van der Waals surface area contributed by atoms with E-state index in [1.807, 2.05) is 24.3 Å². The van der Waals surface area contributed by atoms with E-state index in [1.54, 1.807) is 6.92 Å². The molecule has 2 atom stereocenters. The molecule has 2 nitrogen and oxygen atoms in total. The SMILES string of the molecule is CC(Cl)C(=O)NC(c1ccc(Cl)cc1)C(C)C. The fourth-order valence-electron chi connectivity index (χ4n) is 1.57. The molecule has 0 aliphatic rings. The van der Waals surface area contributed by atoms with Crippen molar-refractivity contribution in [2.75, 3.05) is 0 Å². The molecule has 1 aromatic carbocycles. The van der Waals surface area contributed by atoms with E-state index >= 15 is 0 Å². The Morgan fingerprint density at radius 1 is 1.18 bits per heavy atom. The normalized spacial score (nSPS) is 14.5. The maximum atomic E-state index is 11.6. The summed E-state index contributed by atoms with van der Waals surface area (Å²) in [4.78, 5) is 11.6. The molecule has 0 aliphatic carbocycles. The van der Waals surface area contributed by atoms with Crippen molar-refractivity contribution in [2.24, 2.45) is 5.92 Å². The van der Waals surface area contributed by atoms with Crippen LogP contribution in [-0.4, -0.2) is 11.3 Å². The van der Waals surface area contributed by atoms with Gasteiger partial charge in [-0.15, -0.1) is 11.6 Å². The van der Waals surface area contributed by atoms with Crippen LogP contribution in [0.15, 0.2) is 24.3 Å². The summed E-state index contributed by atoms with van der Waals surface area (Å²) >= 11 is 11.6. The van der Waals surface area contributed by atoms with Crippen molar-refractivity contribution in [1.82, 2.24) is 5.32 Å². The summed E-state index contributed by atoms with van der Waals surface area (Å²) in [6.45, 7) is 5.77. The molecule has 2 unspecified atom stereocenters. The number of carbonyl (C=O) groups excluding carboxylic acids is 1. The van der Waals surface area contributed by atoms with Gasteiger partial charge in [0.25, 0.3) is 0 Å². The van der Waals surface area contributed by atoms with Gasteiger partial charge in [0.1, 0.15) is 5.38 Å². The maximum absolute atomic E-state index is 11.6. The molecule has 0 radical (unpaired) electrons. The zero-order valence-electron chi connectivity index (χ0n) is 10.2. The Labute approximate surface area is 112 Å². The van der Waals surface area contributed by atoms with Crippen molar-refractivity contribution in [3.63, 3.8) is 0 Å². The number of carbonyl (C=O) groups is 1. The van der Waals surface area contributed by atoms with Gasteiger partial charge in [0.05, 0.1) is 6.04 Å². The van der Waals surface area contributed by atoms with Crippen LogP contribution in [0.1, 0.15) is 32.4 Å². The molecule has 0 heterocycles. The average Bonchev–Trinajstić information content (AvgIpc) is 2.26. The molecule has 4 heteroatoms. The molecule has 94 valence electrons. The minimum absolute atomic E-state index is 0.0408. The van der Waals surface area contributed by atoms with Gasteiger partial charge < -0.3 is 5.32 Å². The lowest BCUT2D eigenvalue weighted by atomic mass is 9.96. The molecule has 1 amide bonds. The maximum Gasteiger partial charge on any atom is 0.238 e. The number of alkyl halides is 1. The van der Waals surface area contributed by atoms with Crippen LogP contribution < -0.4 is 5.32 Å². The van der Waals surface area contributed by atoms with E-state index in [0.29, 0.717) is 5.02 Å². The van der Waals surface area contributed by atoms with E-state index < -0.39 is 5.38 Å². The first-order chi connectivity index (χ1) is 7.91. The standard InChI is InChI=1S/C13H17Cl2NO/c1-8(2)12(16-13(17)9(3)14)10-4-6-11(15)7-5-10/h4-9,12H,1-3H3,(H,16,17). The molecule has 0 bridgehead atoms. The molecule has 0 spiro atoms. The van der Waals surface area contributed by atoms with Gasteiger partial charge >= 0.3 is 0 Å². The Morgan fingerprint density at radius 3 is 2.12 bits per heavy atom. The van der Waals surface area contributed by atoms with Gasteiger partial charge in [0.2, 0.25) is 5.91 Å². The van der Waals surface area contributed by atoms with E-state index in [1.165, 1.54) is 0 Å². The summed E-state index contributed by atoms with van der Waals surface area (Å²) in [6.07, 6.45) is 0. The number of rotatable bonds is 4. The van der Waals surface area contributed by atoms with Crippen molar-refractivity contribution in [1.29, 1.82) is 0 Å². The van der Waals surface area contributed by atoms with Crippen LogP contribution in [0.3, 0.4) is 0 Å². The molecule has 1 rings (SSSR count). The first-order valence-corrected chi connectivity index (χ1v) is 6.43. The first-order valence-electron chi connectivity index (χ1n) is 5.61. The largest absolute Gasteiger partial charge is 0.348 e. The summed E-state index contributed by atoms with van der Waals surface area (Å²) in [5, 5.41) is 3.10. The zero-order chi connectivity index (χ0) is 13.0. The number of hydrogen-bond donors (Lipinski definition) is 1. The molecule has 1 aromatic rings. The summed E-state index contributed by atoms with van der Waals surface area (Å²) in [6, 6.07) is 7.45. The van der Waals surface area contributed by atoms with Gasteiger partial charge in [-0.3, -0.25) is 4.79 Å². The first kappa shape index (κ1) is 14.3. The number of nitrogens with one attached hydrogen (secondary N) is 1. The number of halogens is 2. The van der Waals surface area contributed by atoms with Crippen LogP contribution in [0.4, 0.5) is 0 Å². The predicted molar refractivity (Wildman–Crippen MR) is 72.5 cm³/mol. The van der Waals surface area contributed by atoms with Gasteiger partial charge in [0, 0.05) is 5.02 Å². The van der Waals surface area contributed by atoms with E-state index in [4.69, 9.17) is 23.2 Å². The third-order valence-electron chi connectivity index (χ3n) is 2.55. The van der Waals surface area contributed by atoms with Gasteiger partial charge in [0.15, 0.2) is 0 Å². The van der Waals surface area contributed by atoms with E-state index in [-0.39, 0.29) is 17.9 Å². The topological polar surface area (TPSA) is 29.1 Å². The summed E-state index contributed by atoms with van der Waals surface area (Å²) in [5.41, 5.74) is 1.04. The highest BCUT2D eigenvalue weighted by atomic mass is 35.5. The Kier molecular flexibility index (Phi) is 5.29. The number of benzene rings is 1. The van der Waals surface area contributed by atoms with E-state index in [2.05, 4.69) is 19.2 Å². The van der Waals surface area contributed by atoms with E-state index in [9.17, 15) is 4.79 Å². The van der Waals surface area contributed by atoms with Gasteiger partial charge in [-0.2, -0.15) is 0 Å². The zero-order valence-corrected chi connectivity index (χ0v) is 11.7. The van der Waals surface area contributed by atoms with Gasteiger partial charge in [-0.1, -0.05) is 37.6 Å². The second-order valence-electron chi connectivity index (χ2n) is 4.40. The second kappa shape index (κ2) is 6.27. The predicted octanol–water partition coefficient (Wildman–Crippen LogP) is 3.78. The summed E-state index contributed by atoms with van der Waals surface area (Å²) < 4.78 is 0. The summed E-state index contributed by atoms with van der Waals surface area (Å²) in [5.74, 6) is 0.135. The van der Waals surface area contributed by atoms with Crippen LogP contribution >= 0.6 is 23.2 Å². The van der Waals surface area contributed by atoms with Crippen LogP contribution in [-0.2, 0) is 4.79 Å². The number of hydrogen-bond acceptors (Lipinski definition) is 1. The van der Waals surface area contributed by atoms with E-state index in [0.717, 1.165) is 5.56 Å². The average molecular weight is 274 g/mol. The van der Waals surface area contributed by atoms with Crippen molar-refractivity contribution >= 4 is 29.1 Å². The number of amides is 1. The lowest BCUT2D eigenvalue weighted by molar-refractivity contribution is -0.121. The Balaban J connectivity index is 2.86. The lowest BCUT2D eigenvalue weighted by Crippen LogP contribution is -2.35. The third-order valence-corrected chi connectivity index (χ3v) is 3.01. The highest BCUT2D eigenvalue weighted by Gasteiger charge is 2.20. The van der Waals surface area contributed by atoms with Crippen molar-refractivity contribution in [3.05, 3.63) is 34.9 Å². The molecule has 0 saturated carbocycles. The Bertz CT molecular complexity index is 374. The minimum Gasteiger partial charge on any atom is -0.348 e. The monoisotopic (exact) mass is 273 g/mol. The lowest BCUT2D eigenvalue weighted by Gasteiger charge is -2.23. The highest BCUT2D eigenvalue weighted by molar-refractivity contribution is 6.30. The smallest absolute Gasteiger partial charge is 0.238 e. The Hall–Kier alpha value is -0.730. The second-order valence-corrected chi connectivity index (χ2v) is 5.49. The Morgan fingerprint density at radius 2 is 1.71 bits per heavy atom. The quantitative estimate of drug-likeness (QED) is 0.832. The van der Waals surface area contributed by atoms with Crippen LogP contribution in [0.5, 0.6) is 0 Å². The third kappa shape index (κ3) is 4.21. The van der Waals surface area contributed by atoms with Crippen molar-refractivity contribution < 1.29 is 4.79 Å². The molecular weight excluding hydrogens is 257 g/mol. The highest BCUT2D eigenvalue weighted by Crippen LogP contribution is 2.23. The summed E-state index contributed by atoms with van der Waals surface area (Å²) in [7, 11) is 0. The van der Waals surface area contributed by atoms with Gasteiger partial charge in [-0.05, 0) is 30.5 Å². The fourth-order valence-corrected chi connectivity index (χ4v) is 1.76. The fraction of sp³-hybridized carbons (Fsp3) is 0.462. The van der Waals surface area contributed by atoms with Crippen LogP contribution in [0, 0.1) is 5.92 Å². The molecule has 17 heavy (non-hydrogen) atoms. The molecule has 0 saturated heterocycles. The van der Waals surface area contributed by atoms with Crippen LogP contribution in [0.2, 0.25) is 5.02 Å². The van der Waals surface area contributed by atoms with Crippen molar-refractivity contribution in [3.8, 4) is 0 Å². The molecule has 0 fully saturated rings. The minimum atomic E-state index is -0.524. The molecule has 0 aromatic heterocycles.